The highest BCUT2D eigenvalue weighted by Gasteiger charge is 2.40. The zero-order valence-corrected chi connectivity index (χ0v) is 12.7. The lowest BCUT2D eigenvalue weighted by atomic mass is 9.97. The van der Waals surface area contributed by atoms with Gasteiger partial charge in [-0.2, -0.15) is 0 Å². The van der Waals surface area contributed by atoms with E-state index in [-0.39, 0.29) is 24.2 Å². The normalized spacial score (nSPS) is 18.1. The molecule has 2 amide bonds. The Bertz CT molecular complexity index is 722. The van der Waals surface area contributed by atoms with Gasteiger partial charge in [-0.1, -0.05) is 35.9 Å². The quantitative estimate of drug-likeness (QED) is 0.818. The summed E-state index contributed by atoms with van der Waals surface area (Å²) >= 11 is 0. The summed E-state index contributed by atoms with van der Waals surface area (Å²) in [5.74, 6) is -0.178. The number of nitrogens with zero attached hydrogens (tertiary/aromatic N) is 2. The fourth-order valence-corrected chi connectivity index (χ4v) is 2.76. The smallest absolute Gasteiger partial charge is 0.238 e. The summed E-state index contributed by atoms with van der Waals surface area (Å²) in [7, 11) is 0. The molecule has 4 nitrogen and oxygen atoms in total. The molecule has 0 spiro atoms. The lowest BCUT2D eigenvalue weighted by molar-refractivity contribution is -0.122. The Morgan fingerprint density at radius 2 is 1.82 bits per heavy atom. The minimum Gasteiger partial charge on any atom is -0.274 e. The van der Waals surface area contributed by atoms with Gasteiger partial charge in [0, 0.05) is 12.1 Å². The molecule has 3 rings (SSSR count). The number of hydrogen-bond donors (Lipinski definition) is 0. The first-order chi connectivity index (χ1) is 10.5. The Labute approximate surface area is 129 Å². The van der Waals surface area contributed by atoms with Crippen LogP contribution in [0.15, 0.2) is 42.5 Å². The van der Waals surface area contributed by atoms with Crippen molar-refractivity contribution in [3.05, 3.63) is 59.3 Å². The van der Waals surface area contributed by atoms with E-state index in [0.29, 0.717) is 12.2 Å². The number of pyridine rings is 1. The summed E-state index contributed by atoms with van der Waals surface area (Å²) < 4.78 is 0. The van der Waals surface area contributed by atoms with Crippen LogP contribution in [0.1, 0.15) is 23.2 Å². The van der Waals surface area contributed by atoms with Crippen molar-refractivity contribution in [1.82, 2.24) is 4.98 Å². The van der Waals surface area contributed by atoms with Gasteiger partial charge < -0.3 is 0 Å². The monoisotopic (exact) mass is 294 g/mol. The fraction of sp³-hybridized carbons (Fsp3) is 0.278. The summed E-state index contributed by atoms with van der Waals surface area (Å²) in [5, 5.41) is 0. The molecular formula is C18H18N2O2. The molecule has 0 radical (unpaired) electrons. The number of carbonyl (C=O) groups is 2. The van der Waals surface area contributed by atoms with Crippen molar-refractivity contribution in [1.29, 1.82) is 0 Å². The minimum atomic E-state index is -0.294. The van der Waals surface area contributed by atoms with Gasteiger partial charge in [-0.3, -0.25) is 9.59 Å². The lowest BCUT2D eigenvalue weighted by Gasteiger charge is -2.14. The maximum Gasteiger partial charge on any atom is 0.238 e. The van der Waals surface area contributed by atoms with Crippen LogP contribution >= 0.6 is 0 Å². The second kappa shape index (κ2) is 5.72. The number of benzene rings is 1. The molecule has 0 aliphatic carbocycles. The van der Waals surface area contributed by atoms with E-state index >= 15 is 0 Å². The molecule has 1 fully saturated rings. The van der Waals surface area contributed by atoms with Gasteiger partial charge in [-0.05, 0) is 38.0 Å². The zero-order chi connectivity index (χ0) is 15.7. The lowest BCUT2D eigenvalue weighted by Crippen LogP contribution is -2.31. The van der Waals surface area contributed by atoms with E-state index in [2.05, 4.69) is 4.98 Å². The van der Waals surface area contributed by atoms with Gasteiger partial charge in [-0.25, -0.2) is 9.88 Å². The molecular weight excluding hydrogens is 276 g/mol. The fourth-order valence-electron chi connectivity index (χ4n) is 2.76. The average molecular weight is 294 g/mol. The van der Waals surface area contributed by atoms with Crippen LogP contribution in [0.4, 0.5) is 5.82 Å². The molecule has 4 heteroatoms. The van der Waals surface area contributed by atoms with Crippen molar-refractivity contribution >= 4 is 17.6 Å². The highest BCUT2D eigenvalue weighted by atomic mass is 16.2. The van der Waals surface area contributed by atoms with Crippen molar-refractivity contribution < 1.29 is 9.59 Å². The van der Waals surface area contributed by atoms with Crippen LogP contribution in [-0.4, -0.2) is 16.8 Å². The summed E-state index contributed by atoms with van der Waals surface area (Å²) in [4.78, 5) is 30.3. The molecule has 1 saturated heterocycles. The van der Waals surface area contributed by atoms with Crippen molar-refractivity contribution in [2.75, 3.05) is 4.90 Å². The van der Waals surface area contributed by atoms with Crippen LogP contribution in [0.2, 0.25) is 0 Å². The Kier molecular flexibility index (Phi) is 3.75. The number of carbonyl (C=O) groups excluding carboxylic acids is 2. The van der Waals surface area contributed by atoms with Crippen molar-refractivity contribution in [3.63, 3.8) is 0 Å². The summed E-state index contributed by atoms with van der Waals surface area (Å²) in [6, 6.07) is 13.4. The van der Waals surface area contributed by atoms with E-state index in [1.807, 2.05) is 50.2 Å². The highest BCUT2D eigenvalue weighted by Crippen LogP contribution is 2.27. The van der Waals surface area contributed by atoms with Gasteiger partial charge in [0.1, 0.15) is 5.82 Å². The van der Waals surface area contributed by atoms with Crippen LogP contribution in [0.5, 0.6) is 0 Å². The number of aryl methyl sites for hydroxylation is 2. The molecule has 1 aromatic heterocycles. The second-order valence-corrected chi connectivity index (χ2v) is 5.80. The third-order valence-electron chi connectivity index (χ3n) is 3.95. The van der Waals surface area contributed by atoms with Crippen LogP contribution in [0.25, 0.3) is 0 Å². The summed E-state index contributed by atoms with van der Waals surface area (Å²) in [6.07, 6.45) is 0.843. The van der Waals surface area contributed by atoms with E-state index in [4.69, 9.17) is 0 Å². The van der Waals surface area contributed by atoms with E-state index in [1.165, 1.54) is 10.5 Å². The van der Waals surface area contributed by atoms with Crippen molar-refractivity contribution in [2.45, 2.75) is 26.7 Å². The molecule has 0 N–H and O–H groups in total. The SMILES string of the molecule is Cc1ccc(CC2CC(=O)N(c3cccc(C)n3)C2=O)cc1. The average Bonchev–Trinajstić information content (AvgIpc) is 2.76. The third kappa shape index (κ3) is 2.77. The Morgan fingerprint density at radius 1 is 1.09 bits per heavy atom. The predicted octanol–water partition coefficient (Wildman–Crippen LogP) is 2.82. The number of anilines is 1. The molecule has 1 aliphatic rings. The topological polar surface area (TPSA) is 50.3 Å². The molecule has 0 saturated carbocycles. The summed E-state index contributed by atoms with van der Waals surface area (Å²) in [6.45, 7) is 3.87. The zero-order valence-electron chi connectivity index (χ0n) is 12.7. The van der Waals surface area contributed by atoms with Crippen LogP contribution in [-0.2, 0) is 16.0 Å². The van der Waals surface area contributed by atoms with Crippen LogP contribution < -0.4 is 4.90 Å². The van der Waals surface area contributed by atoms with Gasteiger partial charge >= 0.3 is 0 Å². The van der Waals surface area contributed by atoms with Gasteiger partial charge in [0.15, 0.2) is 0 Å². The highest BCUT2D eigenvalue weighted by molar-refractivity contribution is 6.20. The maximum absolute atomic E-state index is 12.6. The standard InChI is InChI=1S/C18H18N2O2/c1-12-6-8-14(9-7-12)10-15-11-17(21)20(18(15)22)16-5-3-4-13(2)19-16/h3-9,15H,10-11H2,1-2H3. The van der Waals surface area contributed by atoms with Gasteiger partial charge in [0.05, 0.1) is 5.92 Å². The van der Waals surface area contributed by atoms with E-state index < -0.39 is 0 Å². The Morgan fingerprint density at radius 3 is 2.50 bits per heavy atom. The molecule has 2 aromatic rings. The largest absolute Gasteiger partial charge is 0.274 e. The molecule has 22 heavy (non-hydrogen) atoms. The number of aromatic nitrogens is 1. The number of imide groups is 1. The van der Waals surface area contributed by atoms with E-state index in [0.717, 1.165) is 11.3 Å². The van der Waals surface area contributed by atoms with E-state index in [9.17, 15) is 9.59 Å². The van der Waals surface area contributed by atoms with E-state index in [1.54, 1.807) is 6.07 Å². The molecule has 112 valence electrons. The van der Waals surface area contributed by atoms with Crippen molar-refractivity contribution in [3.8, 4) is 0 Å². The Hall–Kier alpha value is -2.49. The molecule has 2 heterocycles. The number of amides is 2. The predicted molar refractivity (Wildman–Crippen MR) is 84.5 cm³/mol. The number of hydrogen-bond acceptors (Lipinski definition) is 3. The molecule has 1 aliphatic heterocycles. The second-order valence-electron chi connectivity index (χ2n) is 5.80. The van der Waals surface area contributed by atoms with Gasteiger partial charge in [0.2, 0.25) is 11.8 Å². The first kappa shape index (κ1) is 14.4. The first-order valence-corrected chi connectivity index (χ1v) is 7.40. The minimum absolute atomic E-state index is 0.149. The van der Waals surface area contributed by atoms with Gasteiger partial charge in [0.25, 0.3) is 0 Å². The third-order valence-corrected chi connectivity index (χ3v) is 3.95. The van der Waals surface area contributed by atoms with Crippen LogP contribution in [0, 0.1) is 19.8 Å². The molecule has 1 unspecified atom stereocenters. The maximum atomic E-state index is 12.6. The first-order valence-electron chi connectivity index (χ1n) is 7.40. The Balaban J connectivity index is 1.81. The van der Waals surface area contributed by atoms with Gasteiger partial charge in [-0.15, -0.1) is 0 Å². The molecule has 1 aromatic carbocycles. The molecule has 1 atom stereocenters. The number of rotatable bonds is 3. The van der Waals surface area contributed by atoms with Crippen LogP contribution in [0.3, 0.4) is 0 Å². The molecule has 0 bridgehead atoms. The van der Waals surface area contributed by atoms with Crippen molar-refractivity contribution in [2.24, 2.45) is 5.92 Å². The summed E-state index contributed by atoms with van der Waals surface area (Å²) in [5.41, 5.74) is 3.05.